The fraction of sp³-hybridized carbons (Fsp3) is 0.273. The van der Waals surface area contributed by atoms with E-state index in [1.54, 1.807) is 6.92 Å². The molecule has 7 heteroatoms. The molecule has 0 saturated carbocycles. The Balaban J connectivity index is 3.16. The zero-order valence-corrected chi connectivity index (χ0v) is 9.93. The van der Waals surface area contributed by atoms with Crippen LogP contribution in [0.15, 0.2) is 18.2 Å². The van der Waals surface area contributed by atoms with Crippen molar-refractivity contribution in [3.05, 3.63) is 33.9 Å². The number of nitro groups is 1. The van der Waals surface area contributed by atoms with E-state index in [1.165, 1.54) is 19.1 Å². The number of ether oxygens (including phenoxy) is 1. The maximum absolute atomic E-state index is 11.5. The largest absolute Gasteiger partial charge is 0.462 e. The third-order valence-electron chi connectivity index (χ3n) is 2.02. The number of nitro benzene ring substituents is 1. The van der Waals surface area contributed by atoms with Gasteiger partial charge in [-0.25, -0.2) is 4.79 Å². The molecule has 0 aromatic heterocycles. The summed E-state index contributed by atoms with van der Waals surface area (Å²) in [5.74, 6) is -1.06. The molecular formula is C11H12N2O5. The Kier molecular flexibility index (Phi) is 4.36. The zero-order chi connectivity index (χ0) is 13.7. The molecule has 7 nitrogen and oxygen atoms in total. The number of amides is 1. The molecule has 0 heterocycles. The molecule has 96 valence electrons. The number of hydrogen-bond acceptors (Lipinski definition) is 5. The molecule has 1 amide bonds. The third-order valence-corrected chi connectivity index (χ3v) is 2.02. The van der Waals surface area contributed by atoms with Crippen molar-refractivity contribution in [3.8, 4) is 0 Å². The van der Waals surface area contributed by atoms with Crippen molar-refractivity contribution >= 4 is 23.3 Å². The van der Waals surface area contributed by atoms with Crippen LogP contribution in [0.4, 0.5) is 11.4 Å². The van der Waals surface area contributed by atoms with Crippen LogP contribution in [0.3, 0.4) is 0 Å². The lowest BCUT2D eigenvalue weighted by molar-refractivity contribution is -0.383. The van der Waals surface area contributed by atoms with Crippen LogP contribution in [0.2, 0.25) is 0 Å². The van der Waals surface area contributed by atoms with Crippen molar-refractivity contribution in [2.45, 2.75) is 13.8 Å². The van der Waals surface area contributed by atoms with Crippen molar-refractivity contribution in [2.75, 3.05) is 11.9 Å². The molecule has 18 heavy (non-hydrogen) atoms. The Morgan fingerprint density at radius 2 is 2.11 bits per heavy atom. The van der Waals surface area contributed by atoms with Gasteiger partial charge in [-0.2, -0.15) is 0 Å². The average molecular weight is 252 g/mol. The van der Waals surface area contributed by atoms with E-state index in [2.05, 4.69) is 5.32 Å². The van der Waals surface area contributed by atoms with Crippen LogP contribution >= 0.6 is 0 Å². The highest BCUT2D eigenvalue weighted by atomic mass is 16.6. The van der Waals surface area contributed by atoms with Gasteiger partial charge in [0.15, 0.2) is 0 Å². The fourth-order valence-electron chi connectivity index (χ4n) is 1.33. The van der Waals surface area contributed by atoms with Gasteiger partial charge in [-0.15, -0.1) is 0 Å². The van der Waals surface area contributed by atoms with Gasteiger partial charge in [-0.3, -0.25) is 14.9 Å². The minimum absolute atomic E-state index is 0.0296. The molecule has 0 aliphatic carbocycles. The number of nitrogens with zero attached hydrogens (tertiary/aromatic N) is 1. The third kappa shape index (κ3) is 3.27. The number of nitrogens with one attached hydrogen (secondary N) is 1. The monoisotopic (exact) mass is 252 g/mol. The summed E-state index contributed by atoms with van der Waals surface area (Å²) in [4.78, 5) is 32.5. The molecule has 0 atom stereocenters. The first kappa shape index (κ1) is 13.6. The van der Waals surface area contributed by atoms with E-state index in [1.807, 2.05) is 0 Å². The van der Waals surface area contributed by atoms with E-state index < -0.39 is 16.8 Å². The number of anilines is 1. The molecule has 1 N–H and O–H groups in total. The van der Waals surface area contributed by atoms with Crippen LogP contribution in [0.25, 0.3) is 0 Å². The molecule has 0 fully saturated rings. The van der Waals surface area contributed by atoms with Gasteiger partial charge in [0.2, 0.25) is 5.91 Å². The summed E-state index contributed by atoms with van der Waals surface area (Å²) >= 11 is 0. The molecular weight excluding hydrogens is 240 g/mol. The fourth-order valence-corrected chi connectivity index (χ4v) is 1.33. The summed E-state index contributed by atoms with van der Waals surface area (Å²) in [6, 6.07) is 3.65. The molecule has 0 saturated heterocycles. The number of benzene rings is 1. The first-order valence-corrected chi connectivity index (χ1v) is 5.18. The maximum atomic E-state index is 11.5. The molecule has 0 aliphatic rings. The second-order valence-corrected chi connectivity index (χ2v) is 3.39. The van der Waals surface area contributed by atoms with Crippen molar-refractivity contribution < 1.29 is 19.2 Å². The Morgan fingerprint density at radius 1 is 1.44 bits per heavy atom. The normalized spacial score (nSPS) is 9.67. The highest BCUT2D eigenvalue weighted by molar-refractivity contribution is 5.96. The molecule has 0 radical (unpaired) electrons. The van der Waals surface area contributed by atoms with Gasteiger partial charge in [0.05, 0.1) is 17.1 Å². The second-order valence-electron chi connectivity index (χ2n) is 3.39. The Morgan fingerprint density at radius 3 is 2.61 bits per heavy atom. The van der Waals surface area contributed by atoms with Gasteiger partial charge < -0.3 is 10.1 Å². The zero-order valence-electron chi connectivity index (χ0n) is 9.93. The number of carbonyl (C=O) groups excluding carboxylic acids is 2. The number of carbonyl (C=O) groups is 2. The molecule has 1 aromatic carbocycles. The topological polar surface area (TPSA) is 98.5 Å². The molecule has 0 aliphatic heterocycles. The average Bonchev–Trinajstić information content (AvgIpc) is 2.28. The summed E-state index contributed by atoms with van der Waals surface area (Å²) in [6.07, 6.45) is 0. The van der Waals surface area contributed by atoms with Crippen LogP contribution in [-0.2, 0) is 9.53 Å². The lowest BCUT2D eigenvalue weighted by Gasteiger charge is -2.06. The number of rotatable bonds is 4. The number of hydrogen-bond donors (Lipinski definition) is 1. The first-order chi connectivity index (χ1) is 8.45. The van der Waals surface area contributed by atoms with Gasteiger partial charge in [0, 0.05) is 13.0 Å². The smallest absolute Gasteiger partial charge is 0.338 e. The highest BCUT2D eigenvalue weighted by Gasteiger charge is 2.18. The van der Waals surface area contributed by atoms with Crippen molar-refractivity contribution in [1.29, 1.82) is 0 Å². The molecule has 1 aromatic rings. The Labute approximate surface area is 103 Å². The van der Waals surface area contributed by atoms with Crippen LogP contribution in [0, 0.1) is 10.1 Å². The van der Waals surface area contributed by atoms with E-state index in [4.69, 9.17) is 4.74 Å². The van der Waals surface area contributed by atoms with Gasteiger partial charge >= 0.3 is 5.97 Å². The standard InChI is InChI=1S/C11H12N2O5/c1-3-18-11(15)8-4-5-10(13(16)17)9(6-8)12-7(2)14/h4-6H,3H2,1-2H3,(H,12,14). The predicted octanol–water partition coefficient (Wildman–Crippen LogP) is 1.73. The minimum Gasteiger partial charge on any atom is -0.462 e. The Hall–Kier alpha value is -2.44. The van der Waals surface area contributed by atoms with Crippen LogP contribution < -0.4 is 5.32 Å². The molecule has 0 bridgehead atoms. The van der Waals surface area contributed by atoms with E-state index in [0.717, 1.165) is 6.07 Å². The number of esters is 1. The van der Waals surface area contributed by atoms with Gasteiger partial charge in [0.25, 0.3) is 5.69 Å². The van der Waals surface area contributed by atoms with Gasteiger partial charge in [-0.1, -0.05) is 0 Å². The highest BCUT2D eigenvalue weighted by Crippen LogP contribution is 2.25. The van der Waals surface area contributed by atoms with Crippen LogP contribution in [-0.4, -0.2) is 23.4 Å². The Bertz CT molecular complexity index is 498. The first-order valence-electron chi connectivity index (χ1n) is 5.18. The van der Waals surface area contributed by atoms with Crippen molar-refractivity contribution in [1.82, 2.24) is 0 Å². The molecule has 1 rings (SSSR count). The molecule has 0 spiro atoms. The van der Waals surface area contributed by atoms with E-state index >= 15 is 0 Å². The summed E-state index contributed by atoms with van der Waals surface area (Å²) in [5.41, 5.74) is -0.164. The quantitative estimate of drug-likeness (QED) is 0.499. The lowest BCUT2D eigenvalue weighted by atomic mass is 10.1. The summed E-state index contributed by atoms with van der Waals surface area (Å²) in [7, 11) is 0. The second kappa shape index (κ2) is 5.76. The molecule has 0 unspecified atom stereocenters. The van der Waals surface area contributed by atoms with Gasteiger partial charge in [0.1, 0.15) is 5.69 Å². The lowest BCUT2D eigenvalue weighted by Crippen LogP contribution is -2.10. The summed E-state index contributed by atoms with van der Waals surface area (Å²) < 4.78 is 4.77. The summed E-state index contributed by atoms with van der Waals surface area (Å²) in [6.45, 7) is 3.07. The van der Waals surface area contributed by atoms with Gasteiger partial charge in [-0.05, 0) is 19.1 Å². The minimum atomic E-state index is -0.639. The van der Waals surface area contributed by atoms with E-state index in [-0.39, 0.29) is 23.5 Å². The van der Waals surface area contributed by atoms with Crippen LogP contribution in [0.1, 0.15) is 24.2 Å². The SMILES string of the molecule is CCOC(=O)c1ccc([N+](=O)[O-])c(NC(C)=O)c1. The van der Waals surface area contributed by atoms with E-state index in [9.17, 15) is 19.7 Å². The predicted molar refractivity (Wildman–Crippen MR) is 63.4 cm³/mol. The maximum Gasteiger partial charge on any atom is 0.338 e. The van der Waals surface area contributed by atoms with Crippen molar-refractivity contribution in [3.63, 3.8) is 0 Å². The van der Waals surface area contributed by atoms with Crippen molar-refractivity contribution in [2.24, 2.45) is 0 Å². The van der Waals surface area contributed by atoms with E-state index in [0.29, 0.717) is 0 Å². The van der Waals surface area contributed by atoms with Crippen LogP contribution in [0.5, 0.6) is 0 Å². The summed E-state index contributed by atoms with van der Waals surface area (Å²) in [5, 5.41) is 13.1.